The molecule has 0 radical (unpaired) electrons. The maximum Gasteiger partial charge on any atom is 1.00 e. The molecule has 28 heavy (non-hydrogen) atoms. The molecule has 1 aliphatic heterocycles. The fraction of sp³-hybridized carbons (Fsp3) is 0.417. The van der Waals surface area contributed by atoms with E-state index >= 15 is 0 Å². The van der Waals surface area contributed by atoms with Gasteiger partial charge in [-0.15, -0.1) is 22.9 Å². The molecule has 1 aromatic heterocycles. The average Bonchev–Trinajstić information content (AvgIpc) is 3.04. The standard InChI is InChI=1S/C12H14ClN5O7S2.Na/c1-5-8(11(21)18(5)27(22,23)24)16-10(20)9(17-25-2)6-4-26-12(14-6)15-7(19)3-13;/h4-5,8H,3H2,1-2H3,(H,16,20)(H,14,15,19)(H,22,23,24);/q;+1/p-1/t5-,8-;/m1./s1. The number of amides is 3. The van der Waals surface area contributed by atoms with Gasteiger partial charge in [0.05, 0.1) is 6.04 Å². The summed E-state index contributed by atoms with van der Waals surface area (Å²) >= 11 is 6.37. The number of thiazole rings is 1. The number of hydrogen-bond acceptors (Lipinski definition) is 10. The molecule has 1 aliphatic rings. The van der Waals surface area contributed by atoms with Gasteiger partial charge >= 0.3 is 29.6 Å². The summed E-state index contributed by atoms with van der Waals surface area (Å²) in [6, 6.07) is -2.28. The van der Waals surface area contributed by atoms with Gasteiger partial charge in [0.1, 0.15) is 24.7 Å². The third-order valence-corrected chi connectivity index (χ3v) is 5.37. The van der Waals surface area contributed by atoms with Crippen LogP contribution in [0.4, 0.5) is 5.13 Å². The van der Waals surface area contributed by atoms with Crippen LogP contribution in [-0.4, -0.2) is 70.8 Å². The van der Waals surface area contributed by atoms with Gasteiger partial charge in [-0.2, -0.15) is 0 Å². The van der Waals surface area contributed by atoms with Crippen LogP contribution in [0.25, 0.3) is 0 Å². The Morgan fingerprint density at radius 1 is 1.50 bits per heavy atom. The third-order valence-electron chi connectivity index (χ3n) is 3.38. The molecule has 0 spiro atoms. The summed E-state index contributed by atoms with van der Waals surface area (Å²) in [5.41, 5.74) is -0.277. The summed E-state index contributed by atoms with van der Waals surface area (Å²) in [7, 11) is -3.78. The number of halogens is 1. The van der Waals surface area contributed by atoms with Crippen molar-refractivity contribution in [2.24, 2.45) is 5.16 Å². The SMILES string of the molecule is CON=C(C(=O)N[C@H]1C(=O)N(S(=O)(=O)[O-])[C@@H]1C)c1csc(NC(=O)CCl)n1.[Na+]. The van der Waals surface area contributed by atoms with Crippen LogP contribution in [0.5, 0.6) is 0 Å². The van der Waals surface area contributed by atoms with E-state index in [2.05, 4.69) is 25.6 Å². The predicted octanol–water partition coefficient (Wildman–Crippen LogP) is -4.15. The average molecular weight is 462 g/mol. The topological polar surface area (TPSA) is 170 Å². The second-order valence-corrected chi connectivity index (χ2v) is 7.50. The number of oxime groups is 1. The molecule has 3 amide bonds. The molecule has 2 rings (SSSR count). The van der Waals surface area contributed by atoms with Gasteiger partial charge in [-0.1, -0.05) is 5.16 Å². The number of β-lactam (4-membered cyclic amide) rings is 1. The van der Waals surface area contributed by atoms with Crippen molar-refractivity contribution in [2.75, 3.05) is 18.3 Å². The Kier molecular flexibility index (Phi) is 8.80. The van der Waals surface area contributed by atoms with E-state index < -0.39 is 40.1 Å². The van der Waals surface area contributed by atoms with Gasteiger partial charge in [-0.3, -0.25) is 14.4 Å². The monoisotopic (exact) mass is 461 g/mol. The van der Waals surface area contributed by atoms with Crippen LogP contribution >= 0.6 is 22.9 Å². The number of nitrogens with one attached hydrogen (secondary N) is 2. The summed E-state index contributed by atoms with van der Waals surface area (Å²) in [5.74, 6) is -2.73. The second-order valence-electron chi connectivity index (χ2n) is 5.13. The largest absolute Gasteiger partial charge is 1.00 e. The Balaban J connectivity index is 0.00000392. The minimum Gasteiger partial charge on any atom is -0.731 e. The first-order valence-electron chi connectivity index (χ1n) is 7.13. The van der Waals surface area contributed by atoms with Crippen LogP contribution in [0.15, 0.2) is 10.5 Å². The van der Waals surface area contributed by atoms with Gasteiger partial charge in [0.25, 0.3) is 11.8 Å². The van der Waals surface area contributed by atoms with E-state index in [1.54, 1.807) is 0 Å². The fourth-order valence-electron chi connectivity index (χ4n) is 2.19. The van der Waals surface area contributed by atoms with E-state index in [1.165, 1.54) is 19.4 Å². The van der Waals surface area contributed by atoms with E-state index in [0.717, 1.165) is 11.3 Å². The van der Waals surface area contributed by atoms with E-state index in [1.807, 2.05) is 0 Å². The Bertz CT molecular complexity index is 906. The number of nitrogens with zero attached hydrogens (tertiary/aromatic N) is 3. The number of alkyl halides is 1. The van der Waals surface area contributed by atoms with Crippen LogP contribution in [0.1, 0.15) is 12.6 Å². The molecule has 148 valence electrons. The quantitative estimate of drug-likeness (QED) is 0.103. The molecular weight excluding hydrogens is 449 g/mol. The Morgan fingerprint density at radius 2 is 2.14 bits per heavy atom. The summed E-state index contributed by atoms with van der Waals surface area (Å²) in [5, 5.41) is 9.77. The molecule has 0 aromatic carbocycles. The van der Waals surface area contributed by atoms with Gasteiger partial charge < -0.3 is 20.0 Å². The minimum absolute atomic E-state index is 0. The van der Waals surface area contributed by atoms with E-state index in [9.17, 15) is 27.4 Å². The van der Waals surface area contributed by atoms with Gasteiger partial charge in [0.15, 0.2) is 21.1 Å². The first-order valence-corrected chi connectivity index (χ1v) is 9.91. The molecule has 0 saturated carbocycles. The van der Waals surface area contributed by atoms with Crippen LogP contribution in [0.3, 0.4) is 0 Å². The van der Waals surface area contributed by atoms with Crippen molar-refractivity contribution in [2.45, 2.75) is 19.0 Å². The Hall–Kier alpha value is -1.29. The molecule has 2 heterocycles. The van der Waals surface area contributed by atoms with Crippen molar-refractivity contribution in [3.05, 3.63) is 11.1 Å². The molecule has 0 aliphatic carbocycles. The smallest absolute Gasteiger partial charge is 0.731 e. The summed E-state index contributed by atoms with van der Waals surface area (Å²) in [4.78, 5) is 44.1. The van der Waals surface area contributed by atoms with Gasteiger partial charge in [0, 0.05) is 5.38 Å². The van der Waals surface area contributed by atoms with Gasteiger partial charge in [0.2, 0.25) is 5.91 Å². The molecule has 1 aromatic rings. The number of rotatable bonds is 7. The van der Waals surface area contributed by atoms with Crippen LogP contribution in [-0.2, 0) is 29.5 Å². The van der Waals surface area contributed by atoms with E-state index in [-0.39, 0.29) is 56.3 Å². The summed E-state index contributed by atoms with van der Waals surface area (Å²) < 4.78 is 33.1. The number of carbonyl (C=O) groups excluding carboxylic acids is 3. The maximum absolute atomic E-state index is 12.4. The number of hydrogen-bond donors (Lipinski definition) is 2. The van der Waals surface area contributed by atoms with Crippen molar-refractivity contribution < 1.29 is 61.7 Å². The summed E-state index contributed by atoms with van der Waals surface area (Å²) in [6.45, 7) is 1.29. The molecule has 16 heteroatoms. The van der Waals surface area contributed by atoms with Crippen molar-refractivity contribution in [3.63, 3.8) is 0 Å². The van der Waals surface area contributed by atoms with Crippen molar-refractivity contribution in [1.82, 2.24) is 14.6 Å². The van der Waals surface area contributed by atoms with E-state index in [0.29, 0.717) is 0 Å². The number of carbonyl (C=O) groups is 3. The van der Waals surface area contributed by atoms with E-state index in [4.69, 9.17) is 11.6 Å². The molecule has 2 atom stereocenters. The zero-order valence-corrected chi connectivity index (χ0v) is 19.2. The van der Waals surface area contributed by atoms with Crippen LogP contribution in [0, 0.1) is 0 Å². The minimum atomic E-state index is -4.96. The van der Waals surface area contributed by atoms with Gasteiger partial charge in [-0.05, 0) is 6.92 Å². The van der Waals surface area contributed by atoms with Crippen molar-refractivity contribution in [1.29, 1.82) is 0 Å². The Morgan fingerprint density at radius 3 is 2.64 bits per heavy atom. The second kappa shape index (κ2) is 9.96. The predicted molar refractivity (Wildman–Crippen MR) is 92.9 cm³/mol. The van der Waals surface area contributed by atoms with Crippen molar-refractivity contribution >= 4 is 61.8 Å². The van der Waals surface area contributed by atoms with Crippen molar-refractivity contribution in [3.8, 4) is 0 Å². The summed E-state index contributed by atoms with van der Waals surface area (Å²) in [6.07, 6.45) is 0. The molecule has 12 nitrogen and oxygen atoms in total. The number of anilines is 1. The molecule has 0 bridgehead atoms. The molecule has 2 N–H and O–H groups in total. The fourth-order valence-corrected chi connectivity index (χ4v) is 3.83. The maximum atomic E-state index is 12.4. The normalized spacial score (nSPS) is 19.4. The molecule has 1 saturated heterocycles. The first kappa shape index (κ1) is 24.7. The molecular formula is C12H13ClN5NaO7S2. The first-order chi connectivity index (χ1) is 12.6. The van der Waals surface area contributed by atoms with Gasteiger partial charge in [-0.25, -0.2) is 17.7 Å². The molecule has 0 unspecified atom stereocenters. The zero-order chi connectivity index (χ0) is 20.4. The molecule has 1 fully saturated rings. The zero-order valence-electron chi connectivity index (χ0n) is 14.8. The Labute approximate surface area is 190 Å². The van der Waals surface area contributed by atoms with Crippen LogP contribution in [0.2, 0.25) is 0 Å². The number of aromatic nitrogens is 1. The van der Waals surface area contributed by atoms with Crippen LogP contribution < -0.4 is 40.2 Å². The third kappa shape index (κ3) is 5.40.